The molecule has 0 unspecified atom stereocenters. The standard InChI is InChI=1S/C21H30N6O3S/c22-21(23)25-10-4-9-24-20(30)17-14-31-13-16-11-26(12-19(29)27(16)17)18(28)8-7-15-5-2-1-3-6-15/h1-3,5-6,16-17H,4,7-14H2,(H,24,30)(H4,22,23,25)/t16-,17+/m1/s1. The van der Waals surface area contributed by atoms with Gasteiger partial charge < -0.3 is 26.6 Å². The number of carbonyl (C=O) groups excluding carboxylic acids is 3. The maximum absolute atomic E-state index is 12.9. The Kier molecular flexibility index (Phi) is 8.16. The van der Waals surface area contributed by atoms with Crippen LogP contribution in [0.2, 0.25) is 0 Å². The van der Waals surface area contributed by atoms with Crippen molar-refractivity contribution in [1.82, 2.24) is 15.1 Å². The fourth-order valence-corrected chi connectivity index (χ4v) is 5.08. The highest BCUT2D eigenvalue weighted by molar-refractivity contribution is 7.99. The topological polar surface area (TPSA) is 134 Å². The molecule has 0 bridgehead atoms. The molecule has 0 spiro atoms. The summed E-state index contributed by atoms with van der Waals surface area (Å²) in [5, 5.41) is 2.87. The molecule has 2 fully saturated rings. The number of piperazine rings is 1. The maximum Gasteiger partial charge on any atom is 0.243 e. The highest BCUT2D eigenvalue weighted by Crippen LogP contribution is 2.26. The first-order valence-electron chi connectivity index (χ1n) is 10.5. The number of carbonyl (C=O) groups is 3. The Hall–Kier alpha value is -2.75. The maximum atomic E-state index is 12.9. The summed E-state index contributed by atoms with van der Waals surface area (Å²) >= 11 is 1.64. The number of fused-ring (bicyclic) bond motifs is 1. The van der Waals surface area contributed by atoms with Gasteiger partial charge in [0.15, 0.2) is 5.96 Å². The van der Waals surface area contributed by atoms with E-state index in [0.29, 0.717) is 44.6 Å². The lowest BCUT2D eigenvalue weighted by atomic mass is 10.1. The van der Waals surface area contributed by atoms with Gasteiger partial charge >= 0.3 is 0 Å². The molecule has 2 atom stereocenters. The van der Waals surface area contributed by atoms with Gasteiger partial charge in [0, 0.05) is 37.6 Å². The summed E-state index contributed by atoms with van der Waals surface area (Å²) in [5.74, 6) is 0.962. The van der Waals surface area contributed by atoms with Crippen molar-refractivity contribution in [3.8, 4) is 0 Å². The lowest BCUT2D eigenvalue weighted by molar-refractivity contribution is -0.153. The molecule has 31 heavy (non-hydrogen) atoms. The van der Waals surface area contributed by atoms with E-state index in [1.807, 2.05) is 30.3 Å². The van der Waals surface area contributed by atoms with Crippen LogP contribution in [0.1, 0.15) is 18.4 Å². The van der Waals surface area contributed by atoms with Crippen LogP contribution in [-0.4, -0.2) is 83.2 Å². The molecule has 3 rings (SSSR count). The average molecular weight is 447 g/mol. The third-order valence-electron chi connectivity index (χ3n) is 5.41. The molecule has 5 N–H and O–H groups in total. The van der Waals surface area contributed by atoms with Crippen molar-refractivity contribution in [2.75, 3.05) is 37.7 Å². The molecule has 3 amide bonds. The van der Waals surface area contributed by atoms with E-state index in [-0.39, 0.29) is 36.3 Å². The molecule has 0 aliphatic carbocycles. The predicted molar refractivity (Wildman–Crippen MR) is 121 cm³/mol. The van der Waals surface area contributed by atoms with Gasteiger partial charge in [-0.25, -0.2) is 0 Å². The molecule has 2 heterocycles. The van der Waals surface area contributed by atoms with Crippen LogP contribution in [0.25, 0.3) is 0 Å². The van der Waals surface area contributed by atoms with E-state index in [1.54, 1.807) is 21.6 Å². The van der Waals surface area contributed by atoms with Crippen molar-refractivity contribution in [2.45, 2.75) is 31.3 Å². The van der Waals surface area contributed by atoms with E-state index in [4.69, 9.17) is 11.5 Å². The number of amides is 3. The average Bonchev–Trinajstić information content (AvgIpc) is 2.77. The highest BCUT2D eigenvalue weighted by Gasteiger charge is 2.43. The minimum absolute atomic E-state index is 0.0202. The highest BCUT2D eigenvalue weighted by atomic mass is 32.2. The van der Waals surface area contributed by atoms with Gasteiger partial charge in [0.05, 0.1) is 12.6 Å². The number of nitrogens with two attached hydrogens (primary N) is 2. The normalized spacial score (nSPS) is 20.7. The smallest absolute Gasteiger partial charge is 0.243 e. The third kappa shape index (κ3) is 6.36. The van der Waals surface area contributed by atoms with Crippen molar-refractivity contribution in [2.24, 2.45) is 16.5 Å². The predicted octanol–water partition coefficient (Wildman–Crippen LogP) is -0.446. The fourth-order valence-electron chi connectivity index (χ4n) is 3.88. The zero-order chi connectivity index (χ0) is 22.2. The number of nitrogens with zero attached hydrogens (tertiary/aromatic N) is 3. The zero-order valence-electron chi connectivity index (χ0n) is 17.5. The number of rotatable bonds is 8. The van der Waals surface area contributed by atoms with Gasteiger partial charge in [-0.05, 0) is 18.4 Å². The van der Waals surface area contributed by atoms with Crippen LogP contribution in [0.3, 0.4) is 0 Å². The summed E-state index contributed by atoms with van der Waals surface area (Å²) in [6.45, 7) is 1.38. The zero-order valence-corrected chi connectivity index (χ0v) is 18.4. The number of benzene rings is 1. The molecule has 0 radical (unpaired) electrons. The van der Waals surface area contributed by atoms with E-state index in [1.165, 1.54) is 0 Å². The van der Waals surface area contributed by atoms with Crippen LogP contribution < -0.4 is 16.8 Å². The summed E-state index contributed by atoms with van der Waals surface area (Å²) in [6.07, 6.45) is 1.64. The van der Waals surface area contributed by atoms with Crippen LogP contribution in [0.4, 0.5) is 0 Å². The molecule has 2 aliphatic heterocycles. The number of hydrogen-bond donors (Lipinski definition) is 3. The lowest BCUT2D eigenvalue weighted by Crippen LogP contribution is -2.66. The van der Waals surface area contributed by atoms with E-state index in [9.17, 15) is 14.4 Å². The number of aliphatic imine (C=N–C) groups is 1. The molecule has 168 valence electrons. The largest absolute Gasteiger partial charge is 0.370 e. The summed E-state index contributed by atoms with van der Waals surface area (Å²) in [6, 6.07) is 9.18. The molecule has 2 saturated heterocycles. The first-order valence-corrected chi connectivity index (χ1v) is 11.6. The molecule has 2 aliphatic rings. The van der Waals surface area contributed by atoms with Crippen LogP contribution in [0.5, 0.6) is 0 Å². The Morgan fingerprint density at radius 2 is 1.97 bits per heavy atom. The Bertz CT molecular complexity index is 815. The summed E-state index contributed by atoms with van der Waals surface area (Å²) in [7, 11) is 0. The van der Waals surface area contributed by atoms with Crippen molar-refractivity contribution < 1.29 is 14.4 Å². The monoisotopic (exact) mass is 446 g/mol. The number of thioether (sulfide) groups is 1. The number of hydrogen-bond acceptors (Lipinski definition) is 5. The second kappa shape index (κ2) is 11.0. The minimum Gasteiger partial charge on any atom is -0.370 e. The van der Waals surface area contributed by atoms with Crippen molar-refractivity contribution in [1.29, 1.82) is 0 Å². The summed E-state index contributed by atoms with van der Waals surface area (Å²) < 4.78 is 0. The van der Waals surface area contributed by atoms with Crippen LogP contribution in [0, 0.1) is 0 Å². The van der Waals surface area contributed by atoms with Gasteiger partial charge in [-0.15, -0.1) is 0 Å². The molecule has 0 aromatic heterocycles. The van der Waals surface area contributed by atoms with Gasteiger partial charge in [-0.2, -0.15) is 11.8 Å². The van der Waals surface area contributed by atoms with Crippen LogP contribution >= 0.6 is 11.8 Å². The lowest BCUT2D eigenvalue weighted by Gasteiger charge is -2.47. The molecule has 1 aromatic rings. The van der Waals surface area contributed by atoms with Crippen molar-refractivity contribution >= 4 is 35.4 Å². The Morgan fingerprint density at radius 1 is 1.19 bits per heavy atom. The van der Waals surface area contributed by atoms with E-state index < -0.39 is 6.04 Å². The Labute approximate surface area is 186 Å². The molecular formula is C21H30N6O3S. The van der Waals surface area contributed by atoms with Gasteiger partial charge in [-0.3, -0.25) is 19.4 Å². The van der Waals surface area contributed by atoms with Crippen molar-refractivity contribution in [3.05, 3.63) is 35.9 Å². The quantitative estimate of drug-likeness (QED) is 0.281. The first kappa shape index (κ1) is 22.9. The molecule has 0 saturated carbocycles. The minimum atomic E-state index is -0.513. The number of guanidine groups is 1. The second-order valence-electron chi connectivity index (χ2n) is 7.72. The molecule has 10 heteroatoms. The van der Waals surface area contributed by atoms with E-state index in [0.717, 1.165) is 11.3 Å². The Morgan fingerprint density at radius 3 is 2.71 bits per heavy atom. The Balaban J connectivity index is 1.52. The summed E-state index contributed by atoms with van der Waals surface area (Å²) in [4.78, 5) is 45.5. The summed E-state index contributed by atoms with van der Waals surface area (Å²) in [5.41, 5.74) is 11.7. The molecular weight excluding hydrogens is 416 g/mol. The van der Waals surface area contributed by atoms with E-state index in [2.05, 4.69) is 10.3 Å². The van der Waals surface area contributed by atoms with Gasteiger partial charge in [0.25, 0.3) is 0 Å². The second-order valence-corrected chi connectivity index (χ2v) is 8.79. The van der Waals surface area contributed by atoms with Crippen LogP contribution in [-0.2, 0) is 20.8 Å². The van der Waals surface area contributed by atoms with Gasteiger partial charge in [0.2, 0.25) is 17.7 Å². The number of nitrogens with one attached hydrogen (secondary N) is 1. The number of aryl methyl sites for hydroxylation is 1. The molecule has 1 aromatic carbocycles. The molecule has 9 nitrogen and oxygen atoms in total. The van der Waals surface area contributed by atoms with Gasteiger partial charge in [0.1, 0.15) is 6.04 Å². The van der Waals surface area contributed by atoms with Gasteiger partial charge in [-0.1, -0.05) is 30.3 Å². The fraction of sp³-hybridized carbons (Fsp3) is 0.524. The van der Waals surface area contributed by atoms with Crippen molar-refractivity contribution in [3.63, 3.8) is 0 Å². The third-order valence-corrected chi connectivity index (χ3v) is 6.59. The first-order chi connectivity index (χ1) is 15.0. The van der Waals surface area contributed by atoms with Crippen LogP contribution in [0.15, 0.2) is 35.3 Å². The van der Waals surface area contributed by atoms with E-state index >= 15 is 0 Å². The SMILES string of the molecule is NC(N)=NCCCNC(=O)[C@@H]1CSC[C@H]2CN(C(=O)CCc3ccccc3)CC(=O)N21.